The van der Waals surface area contributed by atoms with Crippen molar-refractivity contribution in [1.82, 2.24) is 9.38 Å². The molecular weight excluding hydrogens is 272 g/mol. The highest BCUT2D eigenvalue weighted by Crippen LogP contribution is 2.24. The molecule has 0 aliphatic carbocycles. The predicted molar refractivity (Wildman–Crippen MR) is 56.7 cm³/mol. The van der Waals surface area contributed by atoms with Gasteiger partial charge in [-0.05, 0) is 0 Å². The second-order valence-corrected chi connectivity index (χ2v) is 4.33. The maximum atomic E-state index is 13.5. The van der Waals surface area contributed by atoms with Gasteiger partial charge in [0.2, 0.25) is 0 Å². The average Bonchev–Trinajstić information content (AvgIpc) is 2.82. The summed E-state index contributed by atoms with van der Waals surface area (Å²) in [6, 6.07) is 0. The maximum absolute atomic E-state index is 13.5. The van der Waals surface area contributed by atoms with Gasteiger partial charge in [0, 0.05) is 11.6 Å². The molecule has 0 saturated carbocycles. The van der Waals surface area contributed by atoms with Gasteiger partial charge in [0.05, 0.1) is 0 Å². The molecule has 3 aromatic rings. The summed E-state index contributed by atoms with van der Waals surface area (Å²) in [5, 5.41) is 0.563. The fourth-order valence-electron chi connectivity index (χ4n) is 1.64. The normalized spacial score (nSPS) is 11.6. The number of thiazole rings is 1. The fraction of sp³-hybridized carbons (Fsp3) is 0. The molecule has 0 bridgehead atoms. The summed E-state index contributed by atoms with van der Waals surface area (Å²) in [5.74, 6) is -7.40. The van der Waals surface area contributed by atoms with E-state index in [0.29, 0.717) is 0 Å². The summed E-state index contributed by atoms with van der Waals surface area (Å²) in [6.45, 7) is 0. The van der Waals surface area contributed by atoms with Crippen molar-refractivity contribution in [2.45, 2.75) is 0 Å². The predicted octanol–water partition coefficient (Wildman–Crippen LogP) is 2.47. The molecule has 0 amide bonds. The third-order valence-electron chi connectivity index (χ3n) is 2.47. The topological polar surface area (TPSA) is 34.4 Å². The van der Waals surface area contributed by atoms with Gasteiger partial charge in [0.15, 0.2) is 28.2 Å². The van der Waals surface area contributed by atoms with Crippen molar-refractivity contribution in [3.8, 4) is 0 Å². The molecule has 0 atom stereocenters. The number of rotatable bonds is 0. The van der Waals surface area contributed by atoms with Crippen LogP contribution in [0.15, 0.2) is 16.4 Å². The summed E-state index contributed by atoms with van der Waals surface area (Å²) in [5.41, 5.74) is -1.79. The van der Waals surface area contributed by atoms with Crippen molar-refractivity contribution in [2.24, 2.45) is 0 Å². The minimum atomic E-state index is -2.02. The molecule has 0 aliphatic heterocycles. The number of hydrogen-bond acceptors (Lipinski definition) is 3. The molecule has 0 saturated heterocycles. The molecule has 0 aliphatic rings. The summed E-state index contributed by atoms with van der Waals surface area (Å²) >= 11 is 0.987. The van der Waals surface area contributed by atoms with Crippen LogP contribution in [0.5, 0.6) is 0 Å². The zero-order valence-corrected chi connectivity index (χ0v) is 9.19. The Morgan fingerprint density at radius 2 is 1.72 bits per heavy atom. The van der Waals surface area contributed by atoms with E-state index < -0.39 is 39.7 Å². The van der Waals surface area contributed by atoms with Crippen LogP contribution < -0.4 is 5.56 Å². The Morgan fingerprint density at radius 1 is 1.06 bits per heavy atom. The highest BCUT2D eigenvalue weighted by molar-refractivity contribution is 7.15. The first kappa shape index (κ1) is 11.1. The van der Waals surface area contributed by atoms with Crippen LogP contribution in [0.4, 0.5) is 17.6 Å². The van der Waals surface area contributed by atoms with Crippen molar-refractivity contribution >= 4 is 27.2 Å². The quantitative estimate of drug-likeness (QED) is 0.358. The van der Waals surface area contributed by atoms with E-state index in [1.165, 1.54) is 11.6 Å². The Kier molecular flexibility index (Phi) is 2.18. The lowest BCUT2D eigenvalue weighted by molar-refractivity contribution is 0.417. The van der Waals surface area contributed by atoms with Gasteiger partial charge in [-0.15, -0.1) is 11.3 Å². The smallest absolute Gasteiger partial charge is 0.268 e. The lowest BCUT2D eigenvalue weighted by Crippen LogP contribution is -2.16. The zero-order valence-electron chi connectivity index (χ0n) is 8.38. The van der Waals surface area contributed by atoms with E-state index in [9.17, 15) is 22.4 Å². The van der Waals surface area contributed by atoms with Gasteiger partial charge in [-0.1, -0.05) is 0 Å². The summed E-state index contributed by atoms with van der Waals surface area (Å²) in [6.07, 6.45) is 1.29. The van der Waals surface area contributed by atoms with E-state index in [4.69, 9.17) is 0 Å². The van der Waals surface area contributed by atoms with Crippen molar-refractivity contribution in [2.75, 3.05) is 0 Å². The molecule has 2 aromatic heterocycles. The van der Waals surface area contributed by atoms with Crippen LogP contribution in [-0.4, -0.2) is 9.38 Å². The van der Waals surface area contributed by atoms with Gasteiger partial charge in [-0.3, -0.25) is 9.20 Å². The molecule has 18 heavy (non-hydrogen) atoms. The van der Waals surface area contributed by atoms with Crippen molar-refractivity contribution < 1.29 is 17.6 Å². The number of benzene rings is 1. The Morgan fingerprint density at radius 3 is 2.44 bits per heavy atom. The van der Waals surface area contributed by atoms with Crippen LogP contribution >= 0.6 is 11.3 Å². The van der Waals surface area contributed by atoms with Gasteiger partial charge in [-0.2, -0.15) is 0 Å². The van der Waals surface area contributed by atoms with E-state index in [1.807, 2.05) is 0 Å². The molecule has 3 nitrogen and oxygen atoms in total. The van der Waals surface area contributed by atoms with Gasteiger partial charge >= 0.3 is 0 Å². The molecule has 1 aromatic carbocycles. The molecule has 0 radical (unpaired) electrons. The van der Waals surface area contributed by atoms with Crippen molar-refractivity contribution in [1.29, 1.82) is 0 Å². The highest BCUT2D eigenvalue weighted by atomic mass is 32.1. The summed E-state index contributed by atoms with van der Waals surface area (Å²) < 4.78 is 54.0. The number of halogens is 4. The van der Waals surface area contributed by atoms with Gasteiger partial charge in [0.25, 0.3) is 5.56 Å². The molecule has 0 fully saturated rings. The van der Waals surface area contributed by atoms with Crippen LogP contribution in [0, 0.1) is 23.3 Å². The maximum Gasteiger partial charge on any atom is 0.269 e. The number of aromatic nitrogens is 2. The van der Waals surface area contributed by atoms with E-state index in [-0.39, 0.29) is 4.96 Å². The minimum absolute atomic E-state index is 0.0665. The summed E-state index contributed by atoms with van der Waals surface area (Å²) in [4.78, 5) is 15.5. The first-order valence-corrected chi connectivity index (χ1v) is 5.52. The molecular formula is C10H2F4N2OS. The number of nitrogens with zero attached hydrogens (tertiary/aromatic N) is 2. The molecule has 0 spiro atoms. The Bertz CT molecular complexity index is 855. The second-order valence-electron chi connectivity index (χ2n) is 3.45. The van der Waals surface area contributed by atoms with Gasteiger partial charge in [0.1, 0.15) is 10.9 Å². The standard InChI is InChI=1S/C10H2F4N2OS/c11-4-3-8(7(14)6(13)5(4)12)15-10-16(9(3)17)1-2-18-10/h1-2H. The van der Waals surface area contributed by atoms with E-state index >= 15 is 0 Å². The molecule has 0 unspecified atom stereocenters. The average molecular weight is 274 g/mol. The van der Waals surface area contributed by atoms with E-state index in [1.54, 1.807) is 0 Å². The van der Waals surface area contributed by atoms with Crippen LogP contribution in [0.1, 0.15) is 0 Å². The molecule has 8 heteroatoms. The highest BCUT2D eigenvalue weighted by Gasteiger charge is 2.24. The fourth-order valence-corrected chi connectivity index (χ4v) is 2.35. The third kappa shape index (κ3) is 1.23. The second kappa shape index (κ2) is 3.52. The lowest BCUT2D eigenvalue weighted by Gasteiger charge is -2.03. The van der Waals surface area contributed by atoms with E-state index in [0.717, 1.165) is 15.7 Å². The van der Waals surface area contributed by atoms with E-state index in [2.05, 4.69) is 4.98 Å². The number of fused-ring (bicyclic) bond motifs is 2. The monoisotopic (exact) mass is 274 g/mol. The van der Waals surface area contributed by atoms with Crippen LogP contribution in [0.3, 0.4) is 0 Å². The van der Waals surface area contributed by atoms with Crippen molar-refractivity contribution in [3.05, 3.63) is 45.2 Å². The molecule has 92 valence electrons. The van der Waals surface area contributed by atoms with Crippen LogP contribution in [0.2, 0.25) is 0 Å². The van der Waals surface area contributed by atoms with Crippen molar-refractivity contribution in [3.63, 3.8) is 0 Å². The molecule has 2 heterocycles. The largest absolute Gasteiger partial charge is 0.269 e. The first-order valence-electron chi connectivity index (χ1n) is 4.64. The van der Waals surface area contributed by atoms with Crippen LogP contribution in [-0.2, 0) is 0 Å². The van der Waals surface area contributed by atoms with Crippen LogP contribution in [0.25, 0.3) is 15.9 Å². The minimum Gasteiger partial charge on any atom is -0.268 e. The number of hydrogen-bond donors (Lipinski definition) is 0. The lowest BCUT2D eigenvalue weighted by atomic mass is 10.2. The Labute approximate surface area is 99.9 Å². The third-order valence-corrected chi connectivity index (χ3v) is 3.23. The summed E-state index contributed by atoms with van der Waals surface area (Å²) in [7, 11) is 0. The van der Waals surface area contributed by atoms with Gasteiger partial charge in [-0.25, -0.2) is 22.5 Å². The molecule has 0 N–H and O–H groups in total. The zero-order chi connectivity index (χ0) is 13.0. The first-order chi connectivity index (χ1) is 8.52. The van der Waals surface area contributed by atoms with Gasteiger partial charge < -0.3 is 0 Å². The molecule has 3 rings (SSSR count). The Balaban J connectivity index is 2.72. The SMILES string of the molecule is O=c1c2c(F)c(F)c(F)c(F)c2nc2sccn12. The Hall–Kier alpha value is -1.96.